The fourth-order valence-electron chi connectivity index (χ4n) is 2.13. The fraction of sp³-hybridized carbons (Fsp3) is 0.333. The molecule has 20 heavy (non-hydrogen) atoms. The average molecular weight is 277 g/mol. The van der Waals surface area contributed by atoms with Gasteiger partial charge in [-0.25, -0.2) is 9.18 Å². The summed E-state index contributed by atoms with van der Waals surface area (Å²) >= 11 is 0. The van der Waals surface area contributed by atoms with Gasteiger partial charge in [-0.2, -0.15) is 0 Å². The first-order valence-corrected chi connectivity index (χ1v) is 6.45. The summed E-state index contributed by atoms with van der Waals surface area (Å²) in [4.78, 5) is 23.4. The molecule has 1 aromatic carbocycles. The van der Waals surface area contributed by atoms with Crippen LogP contribution < -0.4 is 5.32 Å². The lowest BCUT2D eigenvalue weighted by atomic mass is 9.93. The van der Waals surface area contributed by atoms with Crippen molar-refractivity contribution in [3.8, 4) is 0 Å². The quantitative estimate of drug-likeness (QED) is 0.682. The van der Waals surface area contributed by atoms with Gasteiger partial charge in [0.2, 0.25) is 5.91 Å². The minimum Gasteiger partial charge on any atom is -0.465 e. The van der Waals surface area contributed by atoms with Gasteiger partial charge in [0.25, 0.3) is 0 Å². The van der Waals surface area contributed by atoms with E-state index in [1.807, 2.05) is 12.2 Å². The zero-order valence-corrected chi connectivity index (χ0v) is 11.2. The van der Waals surface area contributed by atoms with Crippen molar-refractivity contribution in [3.63, 3.8) is 0 Å². The highest BCUT2D eigenvalue weighted by Gasteiger charge is 2.20. The van der Waals surface area contributed by atoms with Gasteiger partial charge in [-0.3, -0.25) is 4.79 Å². The number of rotatable bonds is 3. The molecule has 1 atom stereocenters. The van der Waals surface area contributed by atoms with Crippen LogP contribution in [0.5, 0.6) is 0 Å². The van der Waals surface area contributed by atoms with Crippen LogP contribution in [0.3, 0.4) is 0 Å². The minimum atomic E-state index is -0.572. The van der Waals surface area contributed by atoms with Crippen molar-refractivity contribution in [2.24, 2.45) is 5.92 Å². The molecule has 1 aliphatic carbocycles. The van der Waals surface area contributed by atoms with Crippen LogP contribution in [0.2, 0.25) is 0 Å². The van der Waals surface area contributed by atoms with Crippen molar-refractivity contribution < 1.29 is 18.7 Å². The molecule has 1 aromatic rings. The van der Waals surface area contributed by atoms with E-state index in [1.54, 1.807) is 0 Å². The molecule has 0 spiro atoms. The second kappa shape index (κ2) is 6.32. The average Bonchev–Trinajstić information content (AvgIpc) is 2.49. The maximum absolute atomic E-state index is 13.7. The number of esters is 1. The van der Waals surface area contributed by atoms with E-state index in [0.717, 1.165) is 18.9 Å². The van der Waals surface area contributed by atoms with E-state index in [0.29, 0.717) is 6.42 Å². The molecule has 0 saturated carbocycles. The Labute approximate surface area is 116 Å². The molecule has 2 rings (SSSR count). The molecule has 0 aliphatic heterocycles. The number of hydrogen-bond donors (Lipinski definition) is 1. The highest BCUT2D eigenvalue weighted by molar-refractivity contribution is 5.95. The molecule has 1 amide bonds. The summed E-state index contributed by atoms with van der Waals surface area (Å²) in [6.45, 7) is 0. The first kappa shape index (κ1) is 14.2. The van der Waals surface area contributed by atoms with Crippen LogP contribution in [0.1, 0.15) is 29.6 Å². The summed E-state index contributed by atoms with van der Waals surface area (Å²) in [6, 6.07) is 3.75. The Hall–Kier alpha value is -2.17. The predicted molar refractivity (Wildman–Crippen MR) is 72.9 cm³/mol. The van der Waals surface area contributed by atoms with Gasteiger partial charge < -0.3 is 10.1 Å². The second-order valence-electron chi connectivity index (χ2n) is 4.66. The molecule has 4 nitrogen and oxygen atoms in total. The van der Waals surface area contributed by atoms with Crippen LogP contribution in [0, 0.1) is 11.7 Å². The zero-order valence-electron chi connectivity index (χ0n) is 11.2. The molecule has 0 saturated heterocycles. The predicted octanol–water partition coefficient (Wildman–Crippen LogP) is 2.91. The number of carbonyl (C=O) groups is 2. The number of anilines is 1. The van der Waals surface area contributed by atoms with Crippen LogP contribution in [0.25, 0.3) is 0 Å². The Bertz CT molecular complexity index is 554. The van der Waals surface area contributed by atoms with Gasteiger partial charge in [-0.05, 0) is 37.5 Å². The van der Waals surface area contributed by atoms with Crippen molar-refractivity contribution in [2.75, 3.05) is 12.4 Å². The number of ether oxygens (including phenoxy) is 1. The Kier molecular flexibility index (Phi) is 4.50. The Morgan fingerprint density at radius 1 is 1.35 bits per heavy atom. The van der Waals surface area contributed by atoms with E-state index in [1.165, 1.54) is 19.2 Å². The van der Waals surface area contributed by atoms with Crippen molar-refractivity contribution in [2.45, 2.75) is 19.3 Å². The smallest absolute Gasteiger partial charge is 0.337 e. The maximum atomic E-state index is 13.7. The molecule has 0 radical (unpaired) electrons. The fourth-order valence-corrected chi connectivity index (χ4v) is 2.13. The molecule has 1 N–H and O–H groups in total. The van der Waals surface area contributed by atoms with Crippen molar-refractivity contribution >= 4 is 17.6 Å². The molecule has 0 heterocycles. The molecule has 106 valence electrons. The van der Waals surface area contributed by atoms with Crippen molar-refractivity contribution in [1.29, 1.82) is 0 Å². The summed E-state index contributed by atoms with van der Waals surface area (Å²) in [6.07, 6.45) is 6.24. The molecule has 5 heteroatoms. The maximum Gasteiger partial charge on any atom is 0.337 e. The largest absolute Gasteiger partial charge is 0.465 e. The number of amides is 1. The summed E-state index contributed by atoms with van der Waals surface area (Å²) in [5, 5.41) is 2.54. The van der Waals surface area contributed by atoms with Gasteiger partial charge in [0.15, 0.2) is 0 Å². The first-order valence-electron chi connectivity index (χ1n) is 6.45. The number of halogens is 1. The third-order valence-electron chi connectivity index (χ3n) is 3.29. The van der Waals surface area contributed by atoms with Crippen LogP contribution in [0.15, 0.2) is 30.4 Å². The normalized spacial score (nSPS) is 17.6. The number of methoxy groups -OCH3 is 1. The Morgan fingerprint density at radius 2 is 2.15 bits per heavy atom. The highest BCUT2D eigenvalue weighted by Crippen LogP contribution is 2.22. The third kappa shape index (κ3) is 3.23. The van der Waals surface area contributed by atoms with Gasteiger partial charge in [0.1, 0.15) is 5.82 Å². The van der Waals surface area contributed by atoms with Crippen molar-refractivity contribution in [3.05, 3.63) is 41.7 Å². The summed E-state index contributed by atoms with van der Waals surface area (Å²) in [5.41, 5.74) is 0.209. The second-order valence-corrected chi connectivity index (χ2v) is 4.66. The molecule has 1 aliphatic rings. The Morgan fingerprint density at radius 3 is 2.80 bits per heavy atom. The Balaban J connectivity index is 2.13. The first-order chi connectivity index (χ1) is 9.61. The standard InChI is InChI=1S/C15H16FNO3/c1-20-15(19)11-7-8-12(16)13(9-11)17-14(18)10-5-3-2-4-6-10/h2-3,7-10H,4-6H2,1H3,(H,17,18)/t10-/m1/s1. The summed E-state index contributed by atoms with van der Waals surface area (Å²) in [5.74, 6) is -1.52. The van der Waals surface area contributed by atoms with Gasteiger partial charge in [-0.15, -0.1) is 0 Å². The lowest BCUT2D eigenvalue weighted by Crippen LogP contribution is -2.24. The lowest BCUT2D eigenvalue weighted by Gasteiger charge is -2.17. The van der Waals surface area contributed by atoms with Crippen LogP contribution >= 0.6 is 0 Å². The molecule has 0 fully saturated rings. The molecule has 0 unspecified atom stereocenters. The van der Waals surface area contributed by atoms with E-state index in [4.69, 9.17) is 0 Å². The number of nitrogens with one attached hydrogen (secondary N) is 1. The molecule has 0 bridgehead atoms. The topological polar surface area (TPSA) is 55.4 Å². The SMILES string of the molecule is COC(=O)c1ccc(F)c(NC(=O)[C@@H]2CC=CCC2)c1. The van der Waals surface area contributed by atoms with Crippen LogP contribution in [-0.4, -0.2) is 19.0 Å². The van der Waals surface area contributed by atoms with E-state index in [2.05, 4.69) is 10.1 Å². The number of carbonyl (C=O) groups excluding carboxylic acids is 2. The number of allylic oxidation sites excluding steroid dienone is 2. The van der Waals surface area contributed by atoms with E-state index >= 15 is 0 Å². The van der Waals surface area contributed by atoms with Gasteiger partial charge in [0.05, 0.1) is 18.4 Å². The molecular weight excluding hydrogens is 261 g/mol. The number of benzene rings is 1. The monoisotopic (exact) mass is 277 g/mol. The molecular formula is C15H16FNO3. The zero-order chi connectivity index (χ0) is 14.5. The third-order valence-corrected chi connectivity index (χ3v) is 3.29. The van der Waals surface area contributed by atoms with E-state index < -0.39 is 11.8 Å². The lowest BCUT2D eigenvalue weighted by molar-refractivity contribution is -0.120. The number of hydrogen-bond acceptors (Lipinski definition) is 3. The van der Waals surface area contributed by atoms with Gasteiger partial charge in [0, 0.05) is 5.92 Å². The summed E-state index contributed by atoms with van der Waals surface area (Å²) < 4.78 is 18.3. The van der Waals surface area contributed by atoms with E-state index in [9.17, 15) is 14.0 Å². The summed E-state index contributed by atoms with van der Waals surface area (Å²) in [7, 11) is 1.25. The minimum absolute atomic E-state index is 0.00690. The van der Waals surface area contributed by atoms with Gasteiger partial charge >= 0.3 is 5.97 Å². The molecule has 0 aromatic heterocycles. The van der Waals surface area contributed by atoms with Crippen LogP contribution in [-0.2, 0) is 9.53 Å². The highest BCUT2D eigenvalue weighted by atomic mass is 19.1. The van der Waals surface area contributed by atoms with Crippen molar-refractivity contribution in [1.82, 2.24) is 0 Å². The van der Waals surface area contributed by atoms with Crippen LogP contribution in [0.4, 0.5) is 10.1 Å². The van der Waals surface area contributed by atoms with Gasteiger partial charge in [-0.1, -0.05) is 12.2 Å². The van der Waals surface area contributed by atoms with E-state index in [-0.39, 0.29) is 23.1 Å².